The summed E-state index contributed by atoms with van der Waals surface area (Å²) in [4.78, 5) is 24.7. The summed E-state index contributed by atoms with van der Waals surface area (Å²) in [6.07, 6.45) is 0.954. The van der Waals surface area contributed by atoms with Crippen molar-refractivity contribution in [2.75, 3.05) is 12.4 Å². The van der Waals surface area contributed by atoms with Gasteiger partial charge in [0.05, 0.1) is 17.7 Å². The maximum atomic E-state index is 12.6. The molecule has 0 bridgehead atoms. The number of anilines is 1. The van der Waals surface area contributed by atoms with Crippen LogP contribution in [0.15, 0.2) is 60.7 Å². The lowest BCUT2D eigenvalue weighted by molar-refractivity contribution is -0.385. The molecule has 9 heteroatoms. The Kier molecular flexibility index (Phi) is 5.31. The molecule has 0 aliphatic rings. The minimum absolute atomic E-state index is 0.0894. The van der Waals surface area contributed by atoms with Crippen molar-refractivity contribution in [2.24, 2.45) is 0 Å². The van der Waals surface area contributed by atoms with Crippen molar-refractivity contribution in [2.45, 2.75) is 13.3 Å². The summed E-state index contributed by atoms with van der Waals surface area (Å²) in [6.45, 7) is 2.09. The van der Waals surface area contributed by atoms with Gasteiger partial charge >= 0.3 is 5.69 Å². The van der Waals surface area contributed by atoms with Crippen molar-refractivity contribution in [3.8, 4) is 11.4 Å². The van der Waals surface area contributed by atoms with Gasteiger partial charge < -0.3 is 10.1 Å². The highest BCUT2D eigenvalue weighted by atomic mass is 16.6. The molecule has 0 unspecified atom stereocenters. The van der Waals surface area contributed by atoms with Gasteiger partial charge in [0.15, 0.2) is 5.75 Å². The lowest BCUT2D eigenvalue weighted by atomic mass is 10.1. The summed E-state index contributed by atoms with van der Waals surface area (Å²) >= 11 is 0. The lowest BCUT2D eigenvalue weighted by Gasteiger charge is -2.06. The van der Waals surface area contributed by atoms with Crippen LogP contribution in [0.4, 0.5) is 11.4 Å². The van der Waals surface area contributed by atoms with Gasteiger partial charge in [-0.25, -0.2) is 0 Å². The van der Waals surface area contributed by atoms with Crippen LogP contribution < -0.4 is 10.1 Å². The number of fused-ring (bicyclic) bond motifs is 1. The molecule has 3 aromatic carbocycles. The number of nitro benzene ring substituents is 1. The highest BCUT2D eigenvalue weighted by Gasteiger charge is 2.18. The molecule has 0 fully saturated rings. The van der Waals surface area contributed by atoms with E-state index in [1.807, 2.05) is 24.3 Å². The van der Waals surface area contributed by atoms with Crippen molar-refractivity contribution in [1.82, 2.24) is 15.0 Å². The van der Waals surface area contributed by atoms with Crippen molar-refractivity contribution < 1.29 is 14.5 Å². The second kappa shape index (κ2) is 8.23. The van der Waals surface area contributed by atoms with Crippen molar-refractivity contribution in [3.05, 3.63) is 81.9 Å². The molecular formula is C22H19N5O4. The molecule has 9 nitrogen and oxygen atoms in total. The molecule has 1 heterocycles. The number of methoxy groups -OCH3 is 1. The third-order valence-corrected chi connectivity index (χ3v) is 4.85. The third kappa shape index (κ3) is 4.06. The number of amides is 1. The zero-order chi connectivity index (χ0) is 22.0. The molecule has 0 radical (unpaired) electrons. The summed E-state index contributed by atoms with van der Waals surface area (Å²) < 4.78 is 4.97. The quantitative estimate of drug-likeness (QED) is 0.372. The SMILES string of the molecule is CCc1ccc(-n2nc3ccc(NC(=O)c4ccc(OC)c([N+](=O)[O-])c4)cc3n2)cc1. The number of ether oxygens (including phenoxy) is 1. The Morgan fingerprint density at radius 2 is 1.81 bits per heavy atom. The Hall–Kier alpha value is -4.27. The van der Waals surface area contributed by atoms with Gasteiger partial charge in [0.1, 0.15) is 11.0 Å². The van der Waals surface area contributed by atoms with Crippen molar-refractivity contribution >= 4 is 28.3 Å². The highest BCUT2D eigenvalue weighted by molar-refractivity contribution is 6.05. The molecule has 0 spiro atoms. The van der Waals surface area contributed by atoms with E-state index in [1.165, 1.54) is 30.9 Å². The van der Waals surface area contributed by atoms with Crippen LogP contribution in [0.1, 0.15) is 22.8 Å². The molecule has 0 aliphatic carbocycles. The zero-order valence-electron chi connectivity index (χ0n) is 16.9. The van der Waals surface area contributed by atoms with Crippen LogP contribution >= 0.6 is 0 Å². The normalized spacial score (nSPS) is 10.8. The van der Waals surface area contributed by atoms with Gasteiger partial charge in [0.2, 0.25) is 0 Å². The van der Waals surface area contributed by atoms with E-state index in [-0.39, 0.29) is 17.0 Å². The molecule has 0 atom stereocenters. The second-order valence-corrected chi connectivity index (χ2v) is 6.81. The number of aryl methyl sites for hydroxylation is 1. The Balaban J connectivity index is 1.58. The number of nitro groups is 1. The molecule has 4 rings (SSSR count). The molecule has 156 valence electrons. The molecule has 0 aliphatic heterocycles. The fourth-order valence-corrected chi connectivity index (χ4v) is 3.15. The number of benzene rings is 3. The van der Waals surface area contributed by atoms with Crippen molar-refractivity contribution in [1.29, 1.82) is 0 Å². The largest absolute Gasteiger partial charge is 0.490 e. The van der Waals surface area contributed by atoms with E-state index in [0.717, 1.165) is 12.1 Å². The summed E-state index contributed by atoms with van der Waals surface area (Å²) in [6, 6.07) is 17.2. The molecule has 0 saturated carbocycles. The van der Waals surface area contributed by atoms with Crippen LogP contribution in [0.2, 0.25) is 0 Å². The predicted molar refractivity (Wildman–Crippen MR) is 116 cm³/mol. The molecule has 0 saturated heterocycles. The fraction of sp³-hybridized carbons (Fsp3) is 0.136. The first-order valence-electron chi connectivity index (χ1n) is 9.58. The molecule has 31 heavy (non-hydrogen) atoms. The number of nitrogens with zero attached hydrogens (tertiary/aromatic N) is 4. The molecule has 4 aromatic rings. The number of rotatable bonds is 6. The van der Waals surface area contributed by atoms with Crippen LogP contribution in [0.5, 0.6) is 5.75 Å². The molecule has 1 amide bonds. The zero-order valence-corrected chi connectivity index (χ0v) is 16.9. The fourth-order valence-electron chi connectivity index (χ4n) is 3.15. The van der Waals surface area contributed by atoms with Gasteiger partial charge in [0, 0.05) is 17.3 Å². The molecular weight excluding hydrogens is 398 g/mol. The van der Waals surface area contributed by atoms with E-state index in [9.17, 15) is 14.9 Å². The van der Waals surface area contributed by atoms with Crippen LogP contribution in [-0.2, 0) is 6.42 Å². The van der Waals surface area contributed by atoms with Gasteiger partial charge in [-0.05, 0) is 54.4 Å². The summed E-state index contributed by atoms with van der Waals surface area (Å²) in [5.74, 6) is -0.390. The Bertz CT molecular complexity index is 1280. The van der Waals surface area contributed by atoms with Gasteiger partial charge in [-0.15, -0.1) is 10.2 Å². The first kappa shape index (κ1) is 20.0. The molecule has 1 aromatic heterocycles. The van der Waals surface area contributed by atoms with E-state index in [1.54, 1.807) is 23.0 Å². The van der Waals surface area contributed by atoms with Gasteiger partial charge in [-0.1, -0.05) is 19.1 Å². The van der Waals surface area contributed by atoms with Crippen LogP contribution in [0.3, 0.4) is 0 Å². The number of nitrogens with one attached hydrogen (secondary N) is 1. The van der Waals surface area contributed by atoms with Crippen LogP contribution in [0.25, 0.3) is 16.7 Å². The van der Waals surface area contributed by atoms with Gasteiger partial charge in [-0.2, -0.15) is 4.80 Å². The van der Waals surface area contributed by atoms with Gasteiger partial charge in [-0.3, -0.25) is 14.9 Å². The van der Waals surface area contributed by atoms with E-state index >= 15 is 0 Å². The number of hydrogen-bond donors (Lipinski definition) is 1. The molecule has 1 N–H and O–H groups in total. The number of aromatic nitrogens is 3. The average Bonchev–Trinajstić information content (AvgIpc) is 3.22. The van der Waals surface area contributed by atoms with E-state index in [4.69, 9.17) is 4.74 Å². The number of carbonyl (C=O) groups is 1. The topological polar surface area (TPSA) is 112 Å². The standard InChI is InChI=1S/C22H19N5O4/c1-3-14-4-8-17(9-5-14)26-24-18-10-7-16(13-19(18)25-26)23-22(28)15-6-11-21(31-2)20(12-15)27(29)30/h4-13H,3H2,1-2H3,(H,23,28). The third-order valence-electron chi connectivity index (χ3n) is 4.85. The Morgan fingerprint density at radius 3 is 2.48 bits per heavy atom. The minimum Gasteiger partial charge on any atom is -0.490 e. The van der Waals surface area contributed by atoms with Gasteiger partial charge in [0.25, 0.3) is 5.91 Å². The maximum absolute atomic E-state index is 12.6. The summed E-state index contributed by atoms with van der Waals surface area (Å²) in [7, 11) is 1.34. The maximum Gasteiger partial charge on any atom is 0.311 e. The monoisotopic (exact) mass is 417 g/mol. The highest BCUT2D eigenvalue weighted by Crippen LogP contribution is 2.28. The predicted octanol–water partition coefficient (Wildman–Crippen LogP) is 4.15. The second-order valence-electron chi connectivity index (χ2n) is 6.81. The van der Waals surface area contributed by atoms with E-state index in [2.05, 4.69) is 22.4 Å². The minimum atomic E-state index is -0.590. The number of hydrogen-bond acceptors (Lipinski definition) is 6. The van der Waals surface area contributed by atoms with E-state index in [0.29, 0.717) is 16.7 Å². The van der Waals surface area contributed by atoms with Crippen molar-refractivity contribution in [3.63, 3.8) is 0 Å². The Labute approximate surface area is 177 Å². The van der Waals surface area contributed by atoms with Crippen LogP contribution in [0, 0.1) is 10.1 Å². The van der Waals surface area contributed by atoms with Crippen LogP contribution in [-0.4, -0.2) is 32.9 Å². The van der Waals surface area contributed by atoms with E-state index < -0.39 is 10.8 Å². The first-order valence-corrected chi connectivity index (χ1v) is 9.58. The lowest BCUT2D eigenvalue weighted by Crippen LogP contribution is -2.12. The Morgan fingerprint density at radius 1 is 1.06 bits per heavy atom. The number of carbonyl (C=O) groups excluding carboxylic acids is 1. The smallest absolute Gasteiger partial charge is 0.311 e. The first-order chi connectivity index (χ1) is 15.0. The summed E-state index contributed by atoms with van der Waals surface area (Å²) in [5.41, 5.74) is 3.73. The summed E-state index contributed by atoms with van der Waals surface area (Å²) in [5, 5.41) is 22.9. The average molecular weight is 417 g/mol.